The molecule has 2 heterocycles. The number of nitrogens with zero attached hydrogens (tertiary/aromatic N) is 2. The van der Waals surface area contributed by atoms with Crippen LogP contribution in [0.2, 0.25) is 0 Å². The van der Waals surface area contributed by atoms with Gasteiger partial charge in [0.15, 0.2) is 0 Å². The quantitative estimate of drug-likeness (QED) is 0.661. The Balaban J connectivity index is 1.49. The van der Waals surface area contributed by atoms with Crippen molar-refractivity contribution < 1.29 is 23.2 Å². The SMILES string of the molecule is CC(=O)N1CCC[C@H]1CN1Cc2c(F)cccc2C(C(=O)N[C@H](c2cccc(F)c2)C2CC2=O)=C1C. The molecular weight excluding hydrogens is 464 g/mol. The lowest BCUT2D eigenvalue weighted by Crippen LogP contribution is -2.43. The molecule has 2 amide bonds. The molecule has 3 aliphatic rings. The van der Waals surface area contributed by atoms with Gasteiger partial charge in [-0.25, -0.2) is 8.78 Å². The third kappa shape index (κ3) is 4.52. The molecule has 2 aromatic rings. The van der Waals surface area contributed by atoms with Crippen LogP contribution < -0.4 is 5.32 Å². The maximum atomic E-state index is 15.0. The van der Waals surface area contributed by atoms with Gasteiger partial charge in [0.25, 0.3) is 5.91 Å². The molecule has 1 saturated heterocycles. The van der Waals surface area contributed by atoms with Gasteiger partial charge < -0.3 is 15.1 Å². The average Bonchev–Trinajstić information content (AvgIpc) is 3.36. The fourth-order valence-corrected chi connectivity index (χ4v) is 5.59. The Hall–Kier alpha value is -3.55. The number of allylic oxidation sites excluding steroid dienone is 1. The number of carbonyl (C=O) groups is 3. The van der Waals surface area contributed by atoms with Crippen molar-refractivity contribution in [1.82, 2.24) is 15.1 Å². The molecule has 2 fully saturated rings. The van der Waals surface area contributed by atoms with Crippen molar-refractivity contribution in [3.63, 3.8) is 0 Å². The molecule has 1 unspecified atom stereocenters. The second-order valence-electron chi connectivity index (χ2n) is 9.90. The number of carbonyl (C=O) groups excluding carboxylic acids is 3. The number of ketones is 1. The van der Waals surface area contributed by atoms with E-state index in [9.17, 15) is 23.2 Å². The van der Waals surface area contributed by atoms with Crippen LogP contribution in [0.5, 0.6) is 0 Å². The van der Waals surface area contributed by atoms with E-state index in [1.54, 1.807) is 31.2 Å². The van der Waals surface area contributed by atoms with Crippen molar-refractivity contribution in [1.29, 1.82) is 0 Å². The van der Waals surface area contributed by atoms with Gasteiger partial charge in [-0.2, -0.15) is 0 Å². The maximum Gasteiger partial charge on any atom is 0.254 e. The van der Waals surface area contributed by atoms with Gasteiger partial charge in [0.1, 0.15) is 17.4 Å². The Morgan fingerprint density at radius 3 is 2.61 bits per heavy atom. The molecule has 0 spiro atoms. The van der Waals surface area contributed by atoms with Crippen LogP contribution in [0.3, 0.4) is 0 Å². The summed E-state index contributed by atoms with van der Waals surface area (Å²) in [6.45, 7) is 4.86. The van der Waals surface area contributed by atoms with Gasteiger partial charge in [-0.3, -0.25) is 14.4 Å². The summed E-state index contributed by atoms with van der Waals surface area (Å²) in [6, 6.07) is 9.89. The summed E-state index contributed by atoms with van der Waals surface area (Å²) in [5.74, 6) is -1.67. The summed E-state index contributed by atoms with van der Waals surface area (Å²) < 4.78 is 28.9. The van der Waals surface area contributed by atoms with E-state index in [0.29, 0.717) is 54.0 Å². The molecule has 1 saturated carbocycles. The lowest BCUT2D eigenvalue weighted by atomic mass is 9.91. The topological polar surface area (TPSA) is 69.7 Å². The van der Waals surface area contributed by atoms with Gasteiger partial charge in [0.2, 0.25) is 5.91 Å². The Labute approximate surface area is 209 Å². The van der Waals surface area contributed by atoms with Gasteiger partial charge in [-0.05, 0) is 49.1 Å². The zero-order valence-electron chi connectivity index (χ0n) is 20.4. The van der Waals surface area contributed by atoms with Crippen molar-refractivity contribution in [3.8, 4) is 0 Å². The van der Waals surface area contributed by atoms with Crippen LogP contribution >= 0.6 is 0 Å². The molecule has 3 atom stereocenters. The Kier molecular flexibility index (Phi) is 6.36. The van der Waals surface area contributed by atoms with Crippen LogP contribution in [0.15, 0.2) is 48.2 Å². The van der Waals surface area contributed by atoms with E-state index in [2.05, 4.69) is 5.32 Å². The highest BCUT2D eigenvalue weighted by Gasteiger charge is 2.44. The summed E-state index contributed by atoms with van der Waals surface area (Å²) in [6.07, 6.45) is 2.07. The highest BCUT2D eigenvalue weighted by Crippen LogP contribution is 2.39. The predicted octanol–water partition coefficient (Wildman–Crippen LogP) is 3.97. The number of fused-ring (bicyclic) bond motifs is 1. The van der Waals surface area contributed by atoms with Crippen molar-refractivity contribution in [3.05, 3.63) is 76.5 Å². The second kappa shape index (κ2) is 9.48. The third-order valence-corrected chi connectivity index (χ3v) is 7.58. The first-order valence-corrected chi connectivity index (χ1v) is 12.3. The standard InChI is InChI=1S/C28H29F2N3O3/c1-16-26(28(36)31-27(22-13-25(22)35)18-6-3-7-19(29)12-18)21-9-4-10-24(30)23(21)15-32(16)14-20-8-5-11-33(20)17(2)34/h3-4,6-7,9-10,12,20,22,27H,5,8,11,13-15H2,1-2H3,(H,31,36)/t20-,22?,27+/m0/s1. The molecule has 36 heavy (non-hydrogen) atoms. The van der Waals surface area contributed by atoms with Crippen LogP contribution in [0.1, 0.15) is 55.8 Å². The molecule has 2 aliphatic heterocycles. The number of halogens is 2. The maximum absolute atomic E-state index is 15.0. The van der Waals surface area contributed by atoms with E-state index in [1.807, 2.05) is 16.7 Å². The van der Waals surface area contributed by atoms with Crippen molar-refractivity contribution in [2.24, 2.45) is 5.92 Å². The number of benzene rings is 2. The van der Waals surface area contributed by atoms with Crippen molar-refractivity contribution >= 4 is 23.2 Å². The molecule has 2 aromatic carbocycles. The first-order chi connectivity index (χ1) is 17.2. The Bertz CT molecular complexity index is 1270. The average molecular weight is 494 g/mol. The van der Waals surface area contributed by atoms with Crippen LogP contribution in [0.25, 0.3) is 5.57 Å². The molecule has 188 valence electrons. The lowest BCUT2D eigenvalue weighted by Gasteiger charge is -2.37. The Morgan fingerprint density at radius 1 is 1.17 bits per heavy atom. The van der Waals surface area contributed by atoms with Gasteiger partial charge in [0.05, 0.1) is 11.6 Å². The molecule has 5 rings (SSSR count). The van der Waals surface area contributed by atoms with E-state index in [0.717, 1.165) is 12.8 Å². The molecule has 1 aliphatic carbocycles. The third-order valence-electron chi connectivity index (χ3n) is 7.58. The van der Waals surface area contributed by atoms with E-state index < -0.39 is 29.5 Å². The Morgan fingerprint density at radius 2 is 1.92 bits per heavy atom. The van der Waals surface area contributed by atoms with E-state index in [4.69, 9.17) is 0 Å². The van der Waals surface area contributed by atoms with Crippen molar-refractivity contribution in [2.45, 2.75) is 51.7 Å². The van der Waals surface area contributed by atoms with Crippen LogP contribution in [-0.2, 0) is 20.9 Å². The van der Waals surface area contributed by atoms with E-state index >= 15 is 0 Å². The van der Waals surface area contributed by atoms with Crippen LogP contribution in [0, 0.1) is 17.6 Å². The number of likely N-dealkylation sites (tertiary alicyclic amines) is 1. The normalized spacial score (nSPS) is 21.9. The summed E-state index contributed by atoms with van der Waals surface area (Å²) in [4.78, 5) is 41.7. The van der Waals surface area contributed by atoms with Gasteiger partial charge in [-0.15, -0.1) is 0 Å². The van der Waals surface area contributed by atoms with Crippen LogP contribution in [0.4, 0.5) is 8.78 Å². The molecule has 1 N–H and O–H groups in total. The summed E-state index contributed by atoms with van der Waals surface area (Å²) in [7, 11) is 0. The monoisotopic (exact) mass is 493 g/mol. The van der Waals surface area contributed by atoms with E-state index in [1.165, 1.54) is 18.2 Å². The minimum absolute atomic E-state index is 0.00715. The molecular formula is C28H29F2N3O3. The number of Topliss-reactive ketones (excluding diaryl/α,β-unsaturated/α-hetero) is 1. The smallest absolute Gasteiger partial charge is 0.254 e. The van der Waals surface area contributed by atoms with Gasteiger partial charge in [-0.1, -0.05) is 24.3 Å². The second-order valence-corrected chi connectivity index (χ2v) is 9.90. The first kappa shape index (κ1) is 24.2. The van der Waals surface area contributed by atoms with Gasteiger partial charge >= 0.3 is 0 Å². The molecule has 0 aromatic heterocycles. The highest BCUT2D eigenvalue weighted by molar-refractivity contribution is 6.21. The summed E-state index contributed by atoms with van der Waals surface area (Å²) in [5, 5.41) is 2.96. The zero-order valence-corrected chi connectivity index (χ0v) is 20.4. The highest BCUT2D eigenvalue weighted by atomic mass is 19.1. The van der Waals surface area contributed by atoms with Crippen LogP contribution in [-0.4, -0.2) is 46.5 Å². The number of rotatable bonds is 6. The minimum atomic E-state index is -0.670. The molecule has 0 radical (unpaired) electrons. The zero-order chi connectivity index (χ0) is 25.6. The number of hydrogen-bond acceptors (Lipinski definition) is 4. The fraction of sp³-hybridized carbons (Fsp3) is 0.393. The fourth-order valence-electron chi connectivity index (χ4n) is 5.59. The molecule has 0 bridgehead atoms. The molecule has 8 heteroatoms. The predicted molar refractivity (Wildman–Crippen MR) is 130 cm³/mol. The van der Waals surface area contributed by atoms with E-state index in [-0.39, 0.29) is 17.7 Å². The largest absolute Gasteiger partial charge is 0.368 e. The lowest BCUT2D eigenvalue weighted by molar-refractivity contribution is -0.130. The number of nitrogens with one attached hydrogen (secondary N) is 1. The first-order valence-electron chi connectivity index (χ1n) is 12.3. The molecule has 6 nitrogen and oxygen atoms in total. The number of amides is 2. The summed E-state index contributed by atoms with van der Waals surface area (Å²) >= 11 is 0. The minimum Gasteiger partial charge on any atom is -0.368 e. The van der Waals surface area contributed by atoms with Crippen molar-refractivity contribution in [2.75, 3.05) is 13.1 Å². The van der Waals surface area contributed by atoms with Gasteiger partial charge in [0, 0.05) is 56.2 Å². The summed E-state index contributed by atoms with van der Waals surface area (Å²) in [5.41, 5.74) is 2.47. The number of hydrogen-bond donors (Lipinski definition) is 1.